The summed E-state index contributed by atoms with van der Waals surface area (Å²) in [5, 5.41) is 27.4. The summed E-state index contributed by atoms with van der Waals surface area (Å²) in [5.74, 6) is -3.09. The standard InChI is InChI=1S/C44H69N5O9S/c1-10-29(6)39(47-41(53)36-14-12-11-13-20-48(36)9)43(54)49(26-57-21-19-27(2)3)37(28(4)5)24-38(58-31(8)50)42-46-35(25-59-42)40(52)45-33(22-30(7)44(55)56)23-32-15-17-34(51)18-16-32/h15-18,25,27-30,33,36-39,51H,10-14,19-24,26H2,1-9H3,(H,45,52)(H,47,53)(H,55,56)/t29?,30-,33+,36+,37+,38+,39-/m0/s1. The molecule has 330 valence electrons. The van der Waals surface area contributed by atoms with E-state index >= 15 is 0 Å². The number of esters is 1. The van der Waals surface area contributed by atoms with Gasteiger partial charge in [0.2, 0.25) is 11.8 Å². The van der Waals surface area contributed by atoms with Crippen molar-refractivity contribution in [1.29, 1.82) is 0 Å². The van der Waals surface area contributed by atoms with Crippen molar-refractivity contribution in [2.45, 2.75) is 143 Å². The number of carboxylic acids is 1. The van der Waals surface area contributed by atoms with Crippen LogP contribution in [-0.4, -0.2) is 106 Å². The van der Waals surface area contributed by atoms with Gasteiger partial charge in [0.25, 0.3) is 5.91 Å². The molecule has 0 spiro atoms. The lowest BCUT2D eigenvalue weighted by molar-refractivity contribution is -0.153. The highest BCUT2D eigenvalue weighted by atomic mass is 32.1. The number of ether oxygens (including phenoxy) is 2. The first-order valence-electron chi connectivity index (χ1n) is 21.2. The predicted molar refractivity (Wildman–Crippen MR) is 228 cm³/mol. The summed E-state index contributed by atoms with van der Waals surface area (Å²) < 4.78 is 12.1. The Labute approximate surface area is 354 Å². The molecule has 59 heavy (non-hydrogen) atoms. The molecule has 4 N–H and O–H groups in total. The number of carbonyl (C=O) groups is 5. The average Bonchev–Trinajstić information content (AvgIpc) is 3.57. The fourth-order valence-electron chi connectivity index (χ4n) is 7.31. The number of phenolic OH excluding ortho intramolecular Hbond substituents is 1. The van der Waals surface area contributed by atoms with Crippen LogP contribution in [0.25, 0.3) is 0 Å². The number of thiazole rings is 1. The van der Waals surface area contributed by atoms with Crippen LogP contribution in [0.1, 0.15) is 134 Å². The zero-order valence-corrected chi connectivity index (χ0v) is 37.4. The number of benzene rings is 1. The fraction of sp³-hybridized carbons (Fsp3) is 0.682. The van der Waals surface area contributed by atoms with Gasteiger partial charge in [-0.2, -0.15) is 0 Å². The summed E-state index contributed by atoms with van der Waals surface area (Å²) in [6.45, 7) is 16.2. The van der Waals surface area contributed by atoms with Gasteiger partial charge < -0.3 is 35.2 Å². The van der Waals surface area contributed by atoms with Crippen molar-refractivity contribution in [2.75, 3.05) is 26.9 Å². The van der Waals surface area contributed by atoms with E-state index in [1.807, 2.05) is 34.7 Å². The van der Waals surface area contributed by atoms with E-state index in [0.29, 0.717) is 30.4 Å². The normalized spacial score (nSPS) is 17.9. The Bertz CT molecular complexity index is 1650. The van der Waals surface area contributed by atoms with Crippen molar-refractivity contribution in [1.82, 2.24) is 25.4 Å². The van der Waals surface area contributed by atoms with Crippen LogP contribution < -0.4 is 10.6 Å². The Morgan fingerprint density at radius 1 is 1.00 bits per heavy atom. The molecule has 1 aliphatic rings. The van der Waals surface area contributed by atoms with Crippen molar-refractivity contribution in [3.8, 4) is 5.75 Å². The molecule has 14 nitrogen and oxygen atoms in total. The van der Waals surface area contributed by atoms with Gasteiger partial charge in [-0.1, -0.05) is 79.9 Å². The number of carboxylic acid groups (broad SMARTS) is 1. The molecule has 1 saturated heterocycles. The molecule has 1 aliphatic heterocycles. The molecule has 2 heterocycles. The first kappa shape index (κ1) is 49.3. The van der Waals surface area contributed by atoms with E-state index in [1.54, 1.807) is 29.3 Å². The molecule has 15 heteroatoms. The lowest BCUT2D eigenvalue weighted by atomic mass is 9.92. The van der Waals surface area contributed by atoms with E-state index in [4.69, 9.17) is 9.47 Å². The van der Waals surface area contributed by atoms with E-state index in [9.17, 15) is 34.2 Å². The Morgan fingerprint density at radius 3 is 2.31 bits per heavy atom. The quantitative estimate of drug-likeness (QED) is 0.0538. The highest BCUT2D eigenvalue weighted by Crippen LogP contribution is 2.32. The van der Waals surface area contributed by atoms with Gasteiger partial charge in [0, 0.05) is 37.4 Å². The average molecular weight is 844 g/mol. The van der Waals surface area contributed by atoms with Gasteiger partial charge in [0.1, 0.15) is 29.2 Å². The molecule has 0 radical (unpaired) electrons. The minimum atomic E-state index is -0.988. The van der Waals surface area contributed by atoms with Crippen LogP contribution in [-0.2, 0) is 35.1 Å². The van der Waals surface area contributed by atoms with Crippen LogP contribution in [0.15, 0.2) is 29.6 Å². The summed E-state index contributed by atoms with van der Waals surface area (Å²) in [6, 6.07) is 4.26. The SMILES string of the molecule is CCC(C)[C@H](NC(=O)[C@H]1CCCCCN1C)C(=O)N(COCCC(C)C)[C@H](C[C@@H](OC(C)=O)c1nc(C(=O)N[C@@H](Cc2ccc(O)cc2)C[C@H](C)C(=O)O)cs1)C(C)C. The van der Waals surface area contributed by atoms with E-state index in [1.165, 1.54) is 19.1 Å². The number of carbonyl (C=O) groups excluding carboxylic acids is 4. The molecule has 1 aromatic carbocycles. The number of aromatic nitrogens is 1. The van der Waals surface area contributed by atoms with Crippen molar-refractivity contribution in [3.63, 3.8) is 0 Å². The number of amides is 3. The molecule has 1 unspecified atom stereocenters. The molecular formula is C44H69N5O9S. The Morgan fingerprint density at radius 2 is 1.69 bits per heavy atom. The first-order chi connectivity index (χ1) is 27.9. The fourth-order valence-corrected chi connectivity index (χ4v) is 8.15. The molecule has 1 fully saturated rings. The molecule has 3 rings (SSSR count). The Hall–Kier alpha value is -4.08. The number of nitrogens with one attached hydrogen (secondary N) is 2. The second-order valence-electron chi connectivity index (χ2n) is 17.0. The lowest BCUT2D eigenvalue weighted by Gasteiger charge is -2.39. The topological polar surface area (TPSA) is 188 Å². The number of rotatable bonds is 23. The number of phenols is 1. The zero-order chi connectivity index (χ0) is 43.8. The largest absolute Gasteiger partial charge is 0.508 e. The van der Waals surface area contributed by atoms with Gasteiger partial charge in [-0.15, -0.1) is 11.3 Å². The first-order valence-corrected chi connectivity index (χ1v) is 22.1. The van der Waals surface area contributed by atoms with Crippen molar-refractivity contribution in [2.24, 2.45) is 23.7 Å². The number of aliphatic carboxylic acids is 1. The zero-order valence-electron chi connectivity index (χ0n) is 36.6. The number of hydrogen-bond donors (Lipinski definition) is 4. The van der Waals surface area contributed by atoms with Crippen molar-refractivity contribution in [3.05, 3.63) is 45.9 Å². The van der Waals surface area contributed by atoms with Gasteiger partial charge in [0.15, 0.2) is 6.10 Å². The second-order valence-corrected chi connectivity index (χ2v) is 17.9. The molecular weight excluding hydrogens is 775 g/mol. The van der Waals surface area contributed by atoms with Crippen molar-refractivity contribution < 1.29 is 43.7 Å². The summed E-state index contributed by atoms with van der Waals surface area (Å²) in [5.41, 5.74) is 0.883. The van der Waals surface area contributed by atoms with E-state index in [0.717, 1.165) is 55.5 Å². The molecule has 0 saturated carbocycles. The van der Waals surface area contributed by atoms with Gasteiger partial charge in [-0.3, -0.25) is 28.9 Å². The van der Waals surface area contributed by atoms with Crippen LogP contribution in [0.4, 0.5) is 0 Å². The highest BCUT2D eigenvalue weighted by Gasteiger charge is 2.39. The van der Waals surface area contributed by atoms with Crippen LogP contribution in [0.2, 0.25) is 0 Å². The summed E-state index contributed by atoms with van der Waals surface area (Å²) in [4.78, 5) is 75.2. The van der Waals surface area contributed by atoms with Gasteiger partial charge in [-0.25, -0.2) is 4.98 Å². The van der Waals surface area contributed by atoms with Crippen LogP contribution in [0.3, 0.4) is 0 Å². The Kier molecular flexibility index (Phi) is 20.3. The molecule has 0 aliphatic carbocycles. The van der Waals surface area contributed by atoms with Crippen LogP contribution in [0, 0.1) is 23.7 Å². The second kappa shape index (κ2) is 24.2. The molecule has 2 aromatic rings. The van der Waals surface area contributed by atoms with E-state index in [2.05, 4.69) is 34.4 Å². The number of likely N-dealkylation sites (N-methyl/N-ethyl adjacent to an activating group) is 1. The summed E-state index contributed by atoms with van der Waals surface area (Å²) >= 11 is 1.15. The number of aromatic hydroxyl groups is 1. The van der Waals surface area contributed by atoms with E-state index < -0.39 is 48.0 Å². The van der Waals surface area contributed by atoms with Crippen molar-refractivity contribution >= 4 is 41.0 Å². The molecule has 0 bridgehead atoms. The summed E-state index contributed by atoms with van der Waals surface area (Å²) in [6.07, 6.45) is 4.89. The van der Waals surface area contributed by atoms with Gasteiger partial charge >= 0.3 is 11.9 Å². The third-order valence-corrected chi connectivity index (χ3v) is 12.2. The number of hydrogen-bond acceptors (Lipinski definition) is 11. The molecule has 7 atom stereocenters. The maximum absolute atomic E-state index is 14.9. The third kappa shape index (κ3) is 15.8. The Balaban J connectivity index is 1.94. The third-order valence-electron chi connectivity index (χ3n) is 11.2. The van der Waals surface area contributed by atoms with Gasteiger partial charge in [0.05, 0.1) is 12.0 Å². The van der Waals surface area contributed by atoms with Crippen LogP contribution >= 0.6 is 11.3 Å². The molecule has 3 amide bonds. The molecule has 1 aromatic heterocycles. The van der Waals surface area contributed by atoms with Gasteiger partial charge in [-0.05, 0) is 81.1 Å². The predicted octanol–water partition coefficient (Wildman–Crippen LogP) is 6.57. The highest BCUT2D eigenvalue weighted by molar-refractivity contribution is 7.09. The summed E-state index contributed by atoms with van der Waals surface area (Å²) in [7, 11) is 1.96. The number of likely N-dealkylation sites (tertiary alicyclic amines) is 1. The maximum Gasteiger partial charge on any atom is 0.306 e. The minimum absolute atomic E-state index is 0.0317. The smallest absolute Gasteiger partial charge is 0.306 e. The lowest BCUT2D eigenvalue weighted by Crippen LogP contribution is -2.58. The minimum Gasteiger partial charge on any atom is -0.508 e. The monoisotopic (exact) mass is 843 g/mol. The van der Waals surface area contributed by atoms with Crippen LogP contribution in [0.5, 0.6) is 5.75 Å². The number of nitrogens with zero attached hydrogens (tertiary/aromatic N) is 3. The maximum atomic E-state index is 14.9. The van der Waals surface area contributed by atoms with E-state index in [-0.39, 0.29) is 60.7 Å².